The Morgan fingerprint density at radius 3 is 2.56 bits per heavy atom. The van der Waals surface area contributed by atoms with Crippen molar-refractivity contribution in [3.8, 4) is 0 Å². The molecule has 0 spiro atoms. The number of aromatic nitrogens is 4. The second-order valence-electron chi connectivity index (χ2n) is 5.05. The summed E-state index contributed by atoms with van der Waals surface area (Å²) in [5.74, 6) is -0.213. The Hall–Kier alpha value is -2.89. The van der Waals surface area contributed by atoms with E-state index in [0.29, 0.717) is 5.69 Å². The SMILES string of the molecule is Cc1cc(=O)n2[nH]c(S(=O)(=O)Nc3ccccc3C(F)(F)F)nc2n1. The number of anilines is 1. The van der Waals surface area contributed by atoms with Crippen LogP contribution in [0.1, 0.15) is 11.3 Å². The van der Waals surface area contributed by atoms with Crippen molar-refractivity contribution in [2.75, 3.05) is 4.72 Å². The van der Waals surface area contributed by atoms with Crippen molar-refractivity contribution < 1.29 is 21.6 Å². The number of benzene rings is 1. The van der Waals surface area contributed by atoms with Crippen LogP contribution in [0.5, 0.6) is 0 Å². The Morgan fingerprint density at radius 1 is 1.20 bits per heavy atom. The summed E-state index contributed by atoms with van der Waals surface area (Å²) in [5.41, 5.74) is -2.10. The van der Waals surface area contributed by atoms with Gasteiger partial charge in [-0.2, -0.15) is 31.1 Å². The van der Waals surface area contributed by atoms with Crippen molar-refractivity contribution in [3.05, 3.63) is 51.9 Å². The van der Waals surface area contributed by atoms with Gasteiger partial charge in [-0.25, -0.2) is 4.98 Å². The van der Waals surface area contributed by atoms with Gasteiger partial charge in [0.05, 0.1) is 11.3 Å². The molecule has 0 atom stereocenters. The normalized spacial score (nSPS) is 12.5. The van der Waals surface area contributed by atoms with Crippen LogP contribution in [-0.2, 0) is 16.2 Å². The Labute approximate surface area is 138 Å². The largest absolute Gasteiger partial charge is 0.418 e. The summed E-state index contributed by atoms with van der Waals surface area (Å²) in [7, 11) is -4.50. The van der Waals surface area contributed by atoms with E-state index in [9.17, 15) is 26.4 Å². The molecule has 0 radical (unpaired) electrons. The fraction of sp³-hybridized carbons (Fsp3) is 0.154. The zero-order valence-corrected chi connectivity index (χ0v) is 13.3. The minimum absolute atomic E-state index is 0.213. The maximum absolute atomic E-state index is 13.0. The first-order valence-electron chi connectivity index (χ1n) is 6.73. The van der Waals surface area contributed by atoms with E-state index in [1.807, 2.05) is 4.72 Å². The van der Waals surface area contributed by atoms with Crippen LogP contribution < -0.4 is 10.3 Å². The van der Waals surface area contributed by atoms with Crippen molar-refractivity contribution in [1.29, 1.82) is 0 Å². The number of para-hydroxylation sites is 1. The van der Waals surface area contributed by atoms with Crippen molar-refractivity contribution in [3.63, 3.8) is 0 Å². The molecule has 25 heavy (non-hydrogen) atoms. The minimum atomic E-state index is -4.75. The van der Waals surface area contributed by atoms with Crippen molar-refractivity contribution >= 4 is 21.5 Å². The Kier molecular flexibility index (Phi) is 3.78. The van der Waals surface area contributed by atoms with Crippen molar-refractivity contribution in [1.82, 2.24) is 19.6 Å². The molecule has 3 rings (SSSR count). The number of sulfonamides is 1. The van der Waals surface area contributed by atoms with E-state index in [2.05, 4.69) is 15.1 Å². The molecule has 0 fully saturated rings. The number of halogens is 3. The molecule has 0 aliphatic carbocycles. The Bertz CT molecular complexity index is 1120. The van der Waals surface area contributed by atoms with Gasteiger partial charge in [-0.3, -0.25) is 14.6 Å². The number of hydrogen-bond donors (Lipinski definition) is 2. The van der Waals surface area contributed by atoms with E-state index in [0.717, 1.165) is 28.8 Å². The molecular formula is C13H10F3N5O3S. The third-order valence-corrected chi connectivity index (χ3v) is 4.35. The Balaban J connectivity index is 2.07. The summed E-state index contributed by atoms with van der Waals surface area (Å²) in [4.78, 5) is 19.3. The number of nitrogens with one attached hydrogen (secondary N) is 2. The van der Waals surface area contributed by atoms with E-state index in [1.165, 1.54) is 13.0 Å². The molecule has 2 N–H and O–H groups in total. The molecule has 0 aliphatic rings. The van der Waals surface area contributed by atoms with Crippen molar-refractivity contribution in [2.45, 2.75) is 18.3 Å². The van der Waals surface area contributed by atoms with Gasteiger partial charge in [0.15, 0.2) is 0 Å². The van der Waals surface area contributed by atoms with Gasteiger partial charge >= 0.3 is 6.18 Å². The van der Waals surface area contributed by atoms with E-state index >= 15 is 0 Å². The smallest absolute Gasteiger partial charge is 0.276 e. The highest BCUT2D eigenvalue weighted by Gasteiger charge is 2.34. The molecule has 2 aromatic heterocycles. The highest BCUT2D eigenvalue weighted by atomic mass is 32.2. The lowest BCUT2D eigenvalue weighted by molar-refractivity contribution is -0.136. The number of rotatable bonds is 3. The lowest BCUT2D eigenvalue weighted by atomic mass is 10.2. The monoisotopic (exact) mass is 373 g/mol. The lowest BCUT2D eigenvalue weighted by Crippen LogP contribution is -2.19. The summed E-state index contributed by atoms with van der Waals surface area (Å²) in [6, 6.07) is 5.24. The number of aryl methyl sites for hydroxylation is 1. The summed E-state index contributed by atoms with van der Waals surface area (Å²) in [6.07, 6.45) is -4.75. The zero-order chi connectivity index (χ0) is 18.4. The maximum atomic E-state index is 13.0. The summed E-state index contributed by atoms with van der Waals surface area (Å²) in [6.45, 7) is 1.52. The van der Waals surface area contributed by atoms with Crippen LogP contribution in [-0.4, -0.2) is 28.0 Å². The fourth-order valence-electron chi connectivity index (χ4n) is 2.11. The average Bonchev–Trinajstić information content (AvgIpc) is 2.91. The number of fused-ring (bicyclic) bond motifs is 1. The van der Waals surface area contributed by atoms with Crippen LogP contribution in [0.4, 0.5) is 18.9 Å². The van der Waals surface area contributed by atoms with E-state index in [1.54, 1.807) is 0 Å². The van der Waals surface area contributed by atoms with Gasteiger partial charge in [-0.15, -0.1) is 0 Å². The van der Waals surface area contributed by atoms with Gasteiger partial charge < -0.3 is 0 Å². The van der Waals surface area contributed by atoms with Gasteiger partial charge in [0.25, 0.3) is 26.5 Å². The number of H-pyrrole nitrogens is 1. The van der Waals surface area contributed by atoms with Gasteiger partial charge in [0.2, 0.25) is 0 Å². The molecule has 8 nitrogen and oxygen atoms in total. The van der Waals surface area contributed by atoms with Crippen LogP contribution in [0.2, 0.25) is 0 Å². The maximum Gasteiger partial charge on any atom is 0.418 e. The second kappa shape index (κ2) is 5.58. The summed E-state index contributed by atoms with van der Waals surface area (Å²) >= 11 is 0. The van der Waals surface area contributed by atoms with E-state index in [-0.39, 0.29) is 5.78 Å². The molecule has 12 heteroatoms. The fourth-order valence-corrected chi connectivity index (χ4v) is 3.08. The van der Waals surface area contributed by atoms with Crippen LogP contribution in [0.15, 0.2) is 40.3 Å². The molecule has 0 aliphatic heterocycles. The predicted molar refractivity (Wildman–Crippen MR) is 80.6 cm³/mol. The van der Waals surface area contributed by atoms with Gasteiger partial charge in [-0.1, -0.05) is 12.1 Å². The number of alkyl halides is 3. The first kappa shape index (κ1) is 17.0. The van der Waals surface area contributed by atoms with Crippen LogP contribution >= 0.6 is 0 Å². The second-order valence-corrected chi connectivity index (χ2v) is 6.65. The van der Waals surface area contributed by atoms with Crippen LogP contribution in [0.3, 0.4) is 0 Å². The molecule has 1 aromatic carbocycles. The number of nitrogens with zero attached hydrogens (tertiary/aromatic N) is 3. The van der Waals surface area contributed by atoms with Crippen molar-refractivity contribution in [2.24, 2.45) is 0 Å². The highest BCUT2D eigenvalue weighted by Crippen LogP contribution is 2.35. The summed E-state index contributed by atoms with van der Waals surface area (Å²) < 4.78 is 66.2. The standard InChI is InChI=1S/C13H10F3N5O3S/c1-7-6-10(22)21-11(17-7)18-12(19-21)25(23,24)20-9-5-3-2-4-8(9)13(14,15)16/h2-6,20H,1H3,(H,17,18,19). The molecule has 132 valence electrons. The van der Waals surface area contributed by atoms with Crippen LogP contribution in [0.25, 0.3) is 5.78 Å². The Morgan fingerprint density at radius 2 is 1.88 bits per heavy atom. The molecule has 0 saturated heterocycles. The van der Waals surface area contributed by atoms with Gasteiger partial charge in [0, 0.05) is 11.8 Å². The van der Waals surface area contributed by atoms with E-state index < -0.39 is 38.2 Å². The molecule has 0 bridgehead atoms. The number of aromatic amines is 1. The minimum Gasteiger partial charge on any atom is -0.276 e. The molecule has 0 amide bonds. The third-order valence-electron chi connectivity index (χ3n) is 3.17. The van der Waals surface area contributed by atoms with Gasteiger partial charge in [-0.05, 0) is 19.1 Å². The number of hydrogen-bond acceptors (Lipinski definition) is 5. The van der Waals surface area contributed by atoms with E-state index in [4.69, 9.17) is 0 Å². The first-order valence-corrected chi connectivity index (χ1v) is 8.22. The summed E-state index contributed by atoms with van der Waals surface area (Å²) in [5, 5.41) is 1.47. The zero-order valence-electron chi connectivity index (χ0n) is 12.5. The molecule has 3 aromatic rings. The highest BCUT2D eigenvalue weighted by molar-refractivity contribution is 7.92. The first-order chi connectivity index (χ1) is 11.6. The topological polar surface area (TPSA) is 109 Å². The lowest BCUT2D eigenvalue weighted by Gasteiger charge is -2.13. The average molecular weight is 373 g/mol. The quantitative estimate of drug-likeness (QED) is 0.724. The molecule has 2 heterocycles. The molecular weight excluding hydrogens is 363 g/mol. The van der Waals surface area contributed by atoms with Gasteiger partial charge in [0.1, 0.15) is 0 Å². The molecule has 0 unspecified atom stereocenters. The predicted octanol–water partition coefficient (Wildman–Crippen LogP) is 1.55. The van der Waals surface area contributed by atoms with Crippen LogP contribution in [0, 0.1) is 6.92 Å². The third kappa shape index (κ3) is 3.20. The molecule has 0 saturated carbocycles.